The van der Waals surface area contributed by atoms with E-state index in [0.717, 1.165) is 35.1 Å². The second kappa shape index (κ2) is 6.19. The second-order valence-electron chi connectivity index (χ2n) is 4.93. The molecule has 0 aliphatic carbocycles. The van der Waals surface area contributed by atoms with Gasteiger partial charge in [-0.15, -0.1) is 11.3 Å². The number of fused-ring (bicyclic) bond motifs is 1. The Morgan fingerprint density at radius 2 is 2.16 bits per heavy atom. The SMILES string of the molecule is CCNc1nc(N(C)CC(C)CC)c2ccsc2n1. The predicted molar refractivity (Wildman–Crippen MR) is 84.3 cm³/mol. The molecule has 2 aromatic rings. The maximum absolute atomic E-state index is 4.66. The Labute approximate surface area is 118 Å². The average Bonchev–Trinajstić information content (AvgIpc) is 2.86. The van der Waals surface area contributed by atoms with Gasteiger partial charge in [0, 0.05) is 20.1 Å². The maximum Gasteiger partial charge on any atom is 0.226 e. The quantitative estimate of drug-likeness (QED) is 0.876. The first kappa shape index (κ1) is 14.1. The van der Waals surface area contributed by atoms with E-state index in [0.29, 0.717) is 5.92 Å². The zero-order valence-electron chi connectivity index (χ0n) is 12.1. The van der Waals surface area contributed by atoms with Crippen molar-refractivity contribution in [1.29, 1.82) is 0 Å². The van der Waals surface area contributed by atoms with Crippen LogP contribution in [0.3, 0.4) is 0 Å². The van der Waals surface area contributed by atoms with Gasteiger partial charge in [0.15, 0.2) is 0 Å². The monoisotopic (exact) mass is 278 g/mol. The summed E-state index contributed by atoms with van der Waals surface area (Å²) in [5.74, 6) is 2.42. The van der Waals surface area contributed by atoms with Crippen LogP contribution in [0.25, 0.3) is 10.2 Å². The van der Waals surface area contributed by atoms with E-state index in [-0.39, 0.29) is 0 Å². The smallest absolute Gasteiger partial charge is 0.226 e. The van der Waals surface area contributed by atoms with Gasteiger partial charge in [-0.3, -0.25) is 0 Å². The van der Waals surface area contributed by atoms with E-state index in [4.69, 9.17) is 0 Å². The third-order valence-corrected chi connectivity index (χ3v) is 4.09. The predicted octanol–water partition coefficient (Wildman–Crippen LogP) is 3.61. The minimum absolute atomic E-state index is 0.663. The highest BCUT2D eigenvalue weighted by molar-refractivity contribution is 7.16. The fourth-order valence-electron chi connectivity index (χ4n) is 2.05. The molecule has 0 saturated carbocycles. The van der Waals surface area contributed by atoms with Crippen molar-refractivity contribution in [3.63, 3.8) is 0 Å². The van der Waals surface area contributed by atoms with E-state index in [1.165, 1.54) is 6.42 Å². The first-order valence-electron chi connectivity index (χ1n) is 6.85. The van der Waals surface area contributed by atoms with Gasteiger partial charge < -0.3 is 10.2 Å². The van der Waals surface area contributed by atoms with Crippen LogP contribution >= 0.6 is 11.3 Å². The van der Waals surface area contributed by atoms with E-state index >= 15 is 0 Å². The molecule has 0 amide bonds. The van der Waals surface area contributed by atoms with Gasteiger partial charge in [-0.05, 0) is 24.3 Å². The van der Waals surface area contributed by atoms with Crippen molar-refractivity contribution in [1.82, 2.24) is 9.97 Å². The molecular formula is C14H22N4S. The molecule has 104 valence electrons. The van der Waals surface area contributed by atoms with Crippen LogP contribution in [-0.4, -0.2) is 30.1 Å². The van der Waals surface area contributed by atoms with E-state index < -0.39 is 0 Å². The molecule has 2 heterocycles. The van der Waals surface area contributed by atoms with Crippen molar-refractivity contribution in [3.8, 4) is 0 Å². The zero-order chi connectivity index (χ0) is 13.8. The Hall–Kier alpha value is -1.36. The molecule has 1 N–H and O–H groups in total. The molecule has 2 aromatic heterocycles. The number of hydrogen-bond donors (Lipinski definition) is 1. The highest BCUT2D eigenvalue weighted by Gasteiger charge is 2.14. The van der Waals surface area contributed by atoms with Crippen LogP contribution < -0.4 is 10.2 Å². The lowest BCUT2D eigenvalue weighted by molar-refractivity contribution is 0.558. The van der Waals surface area contributed by atoms with Crippen LogP contribution in [0.2, 0.25) is 0 Å². The second-order valence-corrected chi connectivity index (χ2v) is 5.83. The number of thiophene rings is 1. The van der Waals surface area contributed by atoms with Crippen molar-refractivity contribution in [2.24, 2.45) is 5.92 Å². The van der Waals surface area contributed by atoms with Crippen molar-refractivity contribution < 1.29 is 0 Å². The molecule has 2 rings (SSSR count). The normalized spacial score (nSPS) is 12.6. The van der Waals surface area contributed by atoms with Crippen LogP contribution in [0.4, 0.5) is 11.8 Å². The van der Waals surface area contributed by atoms with Crippen molar-refractivity contribution in [3.05, 3.63) is 11.4 Å². The summed E-state index contributed by atoms with van der Waals surface area (Å²) in [4.78, 5) is 12.5. The van der Waals surface area contributed by atoms with Crippen LogP contribution in [0.1, 0.15) is 27.2 Å². The van der Waals surface area contributed by atoms with Crippen molar-refractivity contribution in [2.45, 2.75) is 27.2 Å². The van der Waals surface area contributed by atoms with Crippen molar-refractivity contribution >= 4 is 33.3 Å². The molecule has 5 heteroatoms. The summed E-state index contributed by atoms with van der Waals surface area (Å²) < 4.78 is 0. The summed E-state index contributed by atoms with van der Waals surface area (Å²) in [6.07, 6.45) is 1.18. The van der Waals surface area contributed by atoms with Gasteiger partial charge in [-0.2, -0.15) is 4.98 Å². The molecule has 0 aliphatic rings. The Kier molecular flexibility index (Phi) is 4.58. The van der Waals surface area contributed by atoms with E-state index in [1.54, 1.807) is 11.3 Å². The first-order valence-corrected chi connectivity index (χ1v) is 7.73. The lowest BCUT2D eigenvalue weighted by Crippen LogP contribution is -2.25. The Bertz CT molecular complexity index is 537. The Morgan fingerprint density at radius 1 is 1.37 bits per heavy atom. The van der Waals surface area contributed by atoms with E-state index in [1.807, 2.05) is 0 Å². The van der Waals surface area contributed by atoms with Crippen LogP contribution in [0.15, 0.2) is 11.4 Å². The van der Waals surface area contributed by atoms with E-state index in [9.17, 15) is 0 Å². The molecule has 1 unspecified atom stereocenters. The Balaban J connectivity index is 2.36. The van der Waals surface area contributed by atoms with Crippen LogP contribution in [0, 0.1) is 5.92 Å². The summed E-state index contributed by atoms with van der Waals surface area (Å²) in [6.45, 7) is 8.41. The number of nitrogens with zero attached hydrogens (tertiary/aromatic N) is 3. The summed E-state index contributed by atoms with van der Waals surface area (Å²) in [7, 11) is 2.11. The standard InChI is InChI=1S/C14H22N4S/c1-5-10(3)9-18(4)12-11-7-8-19-13(11)17-14(16-12)15-6-2/h7-8,10H,5-6,9H2,1-4H3,(H,15,16,17). The maximum atomic E-state index is 4.66. The van der Waals surface area contributed by atoms with Crippen molar-refractivity contribution in [2.75, 3.05) is 30.4 Å². The minimum Gasteiger partial charge on any atom is -0.359 e. The summed E-state index contributed by atoms with van der Waals surface area (Å²) in [5.41, 5.74) is 0. The summed E-state index contributed by atoms with van der Waals surface area (Å²) in [6, 6.07) is 2.11. The fraction of sp³-hybridized carbons (Fsp3) is 0.571. The molecule has 0 fully saturated rings. The molecule has 0 saturated heterocycles. The molecule has 19 heavy (non-hydrogen) atoms. The van der Waals surface area contributed by atoms with Gasteiger partial charge in [-0.25, -0.2) is 4.98 Å². The topological polar surface area (TPSA) is 41.1 Å². The number of rotatable bonds is 6. The first-order chi connectivity index (χ1) is 9.15. The minimum atomic E-state index is 0.663. The fourth-order valence-corrected chi connectivity index (χ4v) is 2.81. The van der Waals surface area contributed by atoms with Gasteiger partial charge in [0.05, 0.1) is 5.39 Å². The molecule has 0 spiro atoms. The zero-order valence-corrected chi connectivity index (χ0v) is 12.9. The molecule has 4 nitrogen and oxygen atoms in total. The van der Waals surface area contributed by atoms with Gasteiger partial charge in [0.1, 0.15) is 10.6 Å². The highest BCUT2D eigenvalue weighted by atomic mass is 32.1. The van der Waals surface area contributed by atoms with Gasteiger partial charge >= 0.3 is 0 Å². The van der Waals surface area contributed by atoms with E-state index in [2.05, 4.69) is 59.4 Å². The number of anilines is 2. The third-order valence-electron chi connectivity index (χ3n) is 3.28. The largest absolute Gasteiger partial charge is 0.359 e. The lowest BCUT2D eigenvalue weighted by atomic mass is 10.1. The lowest BCUT2D eigenvalue weighted by Gasteiger charge is -2.22. The van der Waals surface area contributed by atoms with Crippen LogP contribution in [-0.2, 0) is 0 Å². The average molecular weight is 278 g/mol. The third kappa shape index (κ3) is 3.15. The molecule has 0 aromatic carbocycles. The number of nitrogens with one attached hydrogen (secondary N) is 1. The molecule has 0 aliphatic heterocycles. The molecular weight excluding hydrogens is 256 g/mol. The van der Waals surface area contributed by atoms with Gasteiger partial charge in [0.2, 0.25) is 5.95 Å². The molecule has 1 atom stereocenters. The molecule has 0 radical (unpaired) electrons. The Morgan fingerprint density at radius 3 is 2.84 bits per heavy atom. The summed E-state index contributed by atoms with van der Waals surface area (Å²) >= 11 is 1.67. The summed E-state index contributed by atoms with van der Waals surface area (Å²) in [5, 5.41) is 6.44. The van der Waals surface area contributed by atoms with Crippen LogP contribution in [0.5, 0.6) is 0 Å². The number of aromatic nitrogens is 2. The molecule has 0 bridgehead atoms. The highest BCUT2D eigenvalue weighted by Crippen LogP contribution is 2.29. The van der Waals surface area contributed by atoms with Gasteiger partial charge in [0.25, 0.3) is 0 Å². The number of hydrogen-bond acceptors (Lipinski definition) is 5. The van der Waals surface area contributed by atoms with Gasteiger partial charge in [-0.1, -0.05) is 20.3 Å².